The number of nitrogens with one attached hydrogen (secondary N) is 1. The van der Waals surface area contributed by atoms with E-state index in [0.717, 1.165) is 4.88 Å². The molecule has 0 unspecified atom stereocenters. The standard InChI is InChI=1S/C8H12N2O2S/c1-6(12)10-7(2-3-11)8-4-9-5-13-8/h4-5,7,11H,2-3H2,1H3,(H,10,12)/t7-/m0/s1. The molecule has 1 rings (SSSR count). The summed E-state index contributed by atoms with van der Waals surface area (Å²) in [5, 5.41) is 11.5. The quantitative estimate of drug-likeness (QED) is 0.752. The van der Waals surface area contributed by atoms with Crippen LogP contribution in [0.2, 0.25) is 0 Å². The van der Waals surface area contributed by atoms with E-state index in [9.17, 15) is 4.79 Å². The molecule has 72 valence electrons. The Bertz CT molecular complexity index is 261. The topological polar surface area (TPSA) is 62.2 Å². The van der Waals surface area contributed by atoms with Gasteiger partial charge in [-0.1, -0.05) is 0 Å². The fraction of sp³-hybridized carbons (Fsp3) is 0.500. The Kier molecular flexibility index (Phi) is 3.85. The average Bonchev–Trinajstić information content (AvgIpc) is 2.54. The van der Waals surface area contributed by atoms with Crippen molar-refractivity contribution in [2.24, 2.45) is 0 Å². The summed E-state index contributed by atoms with van der Waals surface area (Å²) in [6.45, 7) is 1.52. The van der Waals surface area contributed by atoms with E-state index in [1.54, 1.807) is 11.7 Å². The lowest BCUT2D eigenvalue weighted by atomic mass is 10.2. The number of hydrogen-bond acceptors (Lipinski definition) is 4. The predicted molar refractivity (Wildman–Crippen MR) is 50.4 cm³/mol. The first-order chi connectivity index (χ1) is 6.24. The minimum absolute atomic E-state index is 0.0584. The van der Waals surface area contributed by atoms with E-state index >= 15 is 0 Å². The largest absolute Gasteiger partial charge is 0.396 e. The van der Waals surface area contributed by atoms with Gasteiger partial charge in [-0.2, -0.15) is 0 Å². The normalized spacial score (nSPS) is 12.5. The van der Waals surface area contributed by atoms with Crippen LogP contribution in [0.1, 0.15) is 24.3 Å². The van der Waals surface area contributed by atoms with Crippen LogP contribution in [0.5, 0.6) is 0 Å². The van der Waals surface area contributed by atoms with Crippen molar-refractivity contribution >= 4 is 17.2 Å². The lowest BCUT2D eigenvalue weighted by Gasteiger charge is -2.13. The first-order valence-electron chi connectivity index (χ1n) is 4.00. The molecule has 0 aliphatic heterocycles. The zero-order chi connectivity index (χ0) is 9.68. The lowest BCUT2D eigenvalue weighted by molar-refractivity contribution is -0.119. The number of nitrogens with zero attached hydrogens (tertiary/aromatic N) is 1. The third kappa shape index (κ3) is 3.12. The molecule has 0 saturated carbocycles. The van der Waals surface area contributed by atoms with Gasteiger partial charge in [-0.25, -0.2) is 0 Å². The highest BCUT2D eigenvalue weighted by molar-refractivity contribution is 7.09. The van der Waals surface area contributed by atoms with Crippen molar-refractivity contribution in [3.05, 3.63) is 16.6 Å². The summed E-state index contributed by atoms with van der Waals surface area (Å²) in [6, 6.07) is -0.102. The molecule has 1 aromatic rings. The van der Waals surface area contributed by atoms with Gasteiger partial charge in [-0.15, -0.1) is 11.3 Å². The molecule has 0 aliphatic carbocycles. The fourth-order valence-corrected chi connectivity index (χ4v) is 1.76. The SMILES string of the molecule is CC(=O)N[C@@H](CCO)c1cncs1. The fourth-order valence-electron chi connectivity index (χ4n) is 1.06. The zero-order valence-electron chi connectivity index (χ0n) is 7.36. The molecule has 0 bridgehead atoms. The highest BCUT2D eigenvalue weighted by Gasteiger charge is 2.12. The van der Waals surface area contributed by atoms with Gasteiger partial charge >= 0.3 is 0 Å². The van der Waals surface area contributed by atoms with Crippen molar-refractivity contribution in [3.8, 4) is 0 Å². The second kappa shape index (κ2) is 4.94. The van der Waals surface area contributed by atoms with Crippen LogP contribution in [-0.4, -0.2) is 22.6 Å². The molecule has 1 heterocycles. The maximum Gasteiger partial charge on any atom is 0.217 e. The first kappa shape index (κ1) is 10.1. The molecule has 1 atom stereocenters. The molecule has 1 amide bonds. The van der Waals surface area contributed by atoms with Gasteiger partial charge in [-0.05, 0) is 6.42 Å². The summed E-state index contributed by atoms with van der Waals surface area (Å²) in [5.74, 6) is -0.0909. The minimum Gasteiger partial charge on any atom is -0.396 e. The van der Waals surface area contributed by atoms with Crippen LogP contribution in [0.4, 0.5) is 0 Å². The second-order valence-electron chi connectivity index (χ2n) is 2.67. The van der Waals surface area contributed by atoms with Crippen molar-refractivity contribution < 1.29 is 9.90 Å². The van der Waals surface area contributed by atoms with Crippen LogP contribution >= 0.6 is 11.3 Å². The number of hydrogen-bond donors (Lipinski definition) is 2. The number of aliphatic hydroxyl groups excluding tert-OH is 1. The number of amides is 1. The Morgan fingerprint density at radius 1 is 1.85 bits per heavy atom. The third-order valence-electron chi connectivity index (χ3n) is 1.59. The minimum atomic E-state index is -0.102. The Labute approximate surface area is 80.6 Å². The number of thiazole rings is 1. The highest BCUT2D eigenvalue weighted by atomic mass is 32.1. The number of aliphatic hydroxyl groups is 1. The van der Waals surface area contributed by atoms with Gasteiger partial charge in [-0.3, -0.25) is 9.78 Å². The number of carbonyl (C=O) groups is 1. The van der Waals surface area contributed by atoms with E-state index in [1.165, 1.54) is 18.3 Å². The monoisotopic (exact) mass is 200 g/mol. The van der Waals surface area contributed by atoms with Crippen LogP contribution < -0.4 is 5.32 Å². The van der Waals surface area contributed by atoms with E-state index in [1.807, 2.05) is 0 Å². The summed E-state index contributed by atoms with van der Waals surface area (Å²) in [4.78, 5) is 15.7. The Morgan fingerprint density at radius 2 is 2.62 bits per heavy atom. The molecule has 5 heteroatoms. The van der Waals surface area contributed by atoms with Crippen LogP contribution in [0, 0.1) is 0 Å². The van der Waals surface area contributed by atoms with Crippen molar-refractivity contribution in [2.45, 2.75) is 19.4 Å². The number of rotatable bonds is 4. The van der Waals surface area contributed by atoms with Gasteiger partial charge < -0.3 is 10.4 Å². The first-order valence-corrected chi connectivity index (χ1v) is 4.88. The van der Waals surface area contributed by atoms with Gasteiger partial charge in [0.15, 0.2) is 0 Å². The molecule has 0 aliphatic rings. The number of aromatic nitrogens is 1. The van der Waals surface area contributed by atoms with E-state index in [-0.39, 0.29) is 18.6 Å². The summed E-state index contributed by atoms with van der Waals surface area (Å²) in [5.41, 5.74) is 1.71. The van der Waals surface area contributed by atoms with Crippen molar-refractivity contribution in [2.75, 3.05) is 6.61 Å². The van der Waals surface area contributed by atoms with Crippen LogP contribution in [0.25, 0.3) is 0 Å². The van der Waals surface area contributed by atoms with E-state index in [0.29, 0.717) is 6.42 Å². The van der Waals surface area contributed by atoms with E-state index in [4.69, 9.17) is 5.11 Å². The molecule has 4 nitrogen and oxygen atoms in total. The Morgan fingerprint density at radius 3 is 3.08 bits per heavy atom. The van der Waals surface area contributed by atoms with E-state index < -0.39 is 0 Å². The van der Waals surface area contributed by atoms with Crippen LogP contribution in [0.3, 0.4) is 0 Å². The maximum absolute atomic E-state index is 10.8. The summed E-state index contributed by atoms with van der Waals surface area (Å²) >= 11 is 1.48. The molecule has 2 N–H and O–H groups in total. The van der Waals surface area contributed by atoms with E-state index in [2.05, 4.69) is 10.3 Å². The predicted octanol–water partition coefficient (Wildman–Crippen LogP) is 0.703. The zero-order valence-corrected chi connectivity index (χ0v) is 8.17. The molecule has 0 radical (unpaired) electrons. The van der Waals surface area contributed by atoms with Gasteiger partial charge in [0.2, 0.25) is 5.91 Å². The van der Waals surface area contributed by atoms with Crippen LogP contribution in [-0.2, 0) is 4.79 Å². The highest BCUT2D eigenvalue weighted by Crippen LogP contribution is 2.19. The summed E-state index contributed by atoms with van der Waals surface area (Å²) in [6.07, 6.45) is 2.24. The molecule has 0 fully saturated rings. The summed E-state index contributed by atoms with van der Waals surface area (Å²) in [7, 11) is 0. The Balaban J connectivity index is 2.62. The number of carbonyl (C=O) groups excluding carboxylic acids is 1. The van der Waals surface area contributed by atoms with Crippen LogP contribution in [0.15, 0.2) is 11.7 Å². The van der Waals surface area contributed by atoms with Crippen molar-refractivity contribution in [3.63, 3.8) is 0 Å². The molecular formula is C8H12N2O2S. The summed E-state index contributed by atoms with van der Waals surface area (Å²) < 4.78 is 0. The third-order valence-corrected chi connectivity index (χ3v) is 2.48. The smallest absolute Gasteiger partial charge is 0.217 e. The molecule has 0 spiro atoms. The van der Waals surface area contributed by atoms with Gasteiger partial charge in [0.1, 0.15) is 0 Å². The van der Waals surface area contributed by atoms with Gasteiger partial charge in [0, 0.05) is 24.6 Å². The van der Waals surface area contributed by atoms with Gasteiger partial charge in [0.25, 0.3) is 0 Å². The molecular weight excluding hydrogens is 188 g/mol. The molecule has 1 aromatic heterocycles. The van der Waals surface area contributed by atoms with Crippen molar-refractivity contribution in [1.29, 1.82) is 0 Å². The molecule has 0 aromatic carbocycles. The average molecular weight is 200 g/mol. The second-order valence-corrected chi connectivity index (χ2v) is 3.59. The van der Waals surface area contributed by atoms with Crippen molar-refractivity contribution in [1.82, 2.24) is 10.3 Å². The maximum atomic E-state index is 10.8. The Hall–Kier alpha value is -0.940. The molecule has 13 heavy (non-hydrogen) atoms. The lowest BCUT2D eigenvalue weighted by Crippen LogP contribution is -2.26. The van der Waals surface area contributed by atoms with Gasteiger partial charge in [0.05, 0.1) is 11.6 Å². The molecule has 0 saturated heterocycles.